The number of hydrogen-bond donors (Lipinski definition) is 5. The number of hydrogen-bond acceptors (Lipinski definition) is 12. The van der Waals surface area contributed by atoms with E-state index in [9.17, 15) is 20.1 Å². The quantitative estimate of drug-likeness (QED) is 0.193. The normalized spacial score (nSPS) is 30.8. The fraction of sp³-hybridized carbons (Fsp3) is 0.462. The number of aromatic nitrogens is 1. The second-order valence-electron chi connectivity index (χ2n) is 15.0. The Morgan fingerprint density at radius 2 is 1.88 bits per heavy atom. The van der Waals surface area contributed by atoms with Crippen LogP contribution < -0.4 is 19.5 Å². The highest BCUT2D eigenvalue weighted by Crippen LogP contribution is 2.64. The van der Waals surface area contributed by atoms with E-state index < -0.39 is 35.1 Å². The van der Waals surface area contributed by atoms with E-state index in [0.29, 0.717) is 52.7 Å². The molecular weight excluding hydrogens is 685 g/mol. The van der Waals surface area contributed by atoms with Crippen LogP contribution >= 0.6 is 11.8 Å². The number of aryl methyl sites for hydroxylation is 1. The first kappa shape index (κ1) is 32.7. The maximum Gasteiger partial charge on any atom is 0.231 e. The number of methoxy groups -OCH3 is 1. The number of phenolic OH excluding ortho intramolecular Hbond substituents is 2. The average molecular weight is 727 g/mol. The van der Waals surface area contributed by atoms with Crippen molar-refractivity contribution in [1.29, 1.82) is 0 Å². The molecular formula is C39H42N4O8S. The van der Waals surface area contributed by atoms with Gasteiger partial charge in [0.25, 0.3) is 0 Å². The number of piperazine rings is 1. The number of aliphatic hydroxyl groups is 1. The molecule has 7 atom stereocenters. The monoisotopic (exact) mass is 726 g/mol. The summed E-state index contributed by atoms with van der Waals surface area (Å²) < 4.78 is 24.3. The summed E-state index contributed by atoms with van der Waals surface area (Å²) in [6.07, 6.45) is 0.328. The van der Waals surface area contributed by atoms with Gasteiger partial charge in [-0.3, -0.25) is 19.9 Å². The summed E-state index contributed by atoms with van der Waals surface area (Å²) in [5.74, 6) is 1.86. The second kappa shape index (κ2) is 11.5. The maximum atomic E-state index is 14.7. The van der Waals surface area contributed by atoms with Crippen molar-refractivity contribution in [3.8, 4) is 28.7 Å². The predicted molar refractivity (Wildman–Crippen MR) is 193 cm³/mol. The van der Waals surface area contributed by atoms with E-state index in [1.165, 1.54) is 0 Å². The lowest BCUT2D eigenvalue weighted by molar-refractivity contribution is -0.181. The summed E-state index contributed by atoms with van der Waals surface area (Å²) in [7, 11) is 3.56. The Morgan fingerprint density at radius 1 is 1.08 bits per heavy atom. The summed E-state index contributed by atoms with van der Waals surface area (Å²) in [6.45, 7) is 4.26. The number of Topliss-reactive ketones (excluding diaryl/α,β-unsaturated/α-hetero) is 1. The molecule has 0 aliphatic carbocycles. The Balaban J connectivity index is 1.22. The Hall–Kier alpha value is -3.98. The molecule has 7 aliphatic rings. The van der Waals surface area contributed by atoms with Crippen LogP contribution in [0, 0.1) is 13.8 Å². The lowest BCUT2D eigenvalue weighted by atomic mass is 9.73. The van der Waals surface area contributed by atoms with Crippen LogP contribution in [-0.4, -0.2) is 101 Å². The SMILES string of the molecule is COc1c(C)cc2c(c1O)[C@H]1C3[C@@H]4SC[C@]5(NCCc6c5[nH]c5ccccc65)C(=O)COC[C@H](c5c6c(c(C)c(O)c54)OCO6)N3[C@@H](O)[C@H](C2)N1C. The number of nitrogens with zero attached hydrogens (tertiary/aromatic N) is 2. The number of para-hydroxylation sites is 1. The van der Waals surface area contributed by atoms with Crippen molar-refractivity contribution in [3.05, 3.63) is 75.0 Å². The molecule has 12 nitrogen and oxygen atoms in total. The molecule has 1 aromatic heterocycles. The molecule has 0 amide bonds. The number of nitrogens with one attached hydrogen (secondary N) is 2. The van der Waals surface area contributed by atoms with Crippen LogP contribution in [0.4, 0.5) is 0 Å². The number of thioether (sulfide) groups is 1. The Labute approximate surface area is 305 Å². The van der Waals surface area contributed by atoms with E-state index in [4.69, 9.17) is 18.9 Å². The first-order chi connectivity index (χ1) is 25.2. The van der Waals surface area contributed by atoms with Crippen molar-refractivity contribution in [1.82, 2.24) is 20.1 Å². The molecule has 1 unspecified atom stereocenters. The summed E-state index contributed by atoms with van der Waals surface area (Å²) in [5.41, 5.74) is 6.34. The van der Waals surface area contributed by atoms with Gasteiger partial charge in [-0.15, -0.1) is 11.8 Å². The van der Waals surface area contributed by atoms with E-state index in [1.807, 2.05) is 39.1 Å². The van der Waals surface area contributed by atoms with Crippen LogP contribution in [0.3, 0.4) is 0 Å². The minimum Gasteiger partial charge on any atom is -0.507 e. The maximum absolute atomic E-state index is 14.7. The summed E-state index contributed by atoms with van der Waals surface area (Å²) in [5, 5.41) is 41.0. The van der Waals surface area contributed by atoms with Gasteiger partial charge in [0, 0.05) is 57.2 Å². The number of rotatable bonds is 1. The second-order valence-corrected chi connectivity index (χ2v) is 16.2. The molecule has 5 N–H and O–H groups in total. The Morgan fingerprint density at radius 3 is 2.71 bits per heavy atom. The van der Waals surface area contributed by atoms with E-state index in [2.05, 4.69) is 32.2 Å². The molecule has 4 bridgehead atoms. The zero-order valence-electron chi connectivity index (χ0n) is 29.5. The van der Waals surface area contributed by atoms with Gasteiger partial charge in [-0.05, 0) is 56.5 Å². The predicted octanol–water partition coefficient (Wildman–Crippen LogP) is 4.00. The number of ketones is 1. The Bertz CT molecular complexity index is 2190. The van der Waals surface area contributed by atoms with Crippen molar-refractivity contribution >= 4 is 28.4 Å². The summed E-state index contributed by atoms with van der Waals surface area (Å²) in [6, 6.07) is 8.40. The van der Waals surface area contributed by atoms with E-state index in [1.54, 1.807) is 18.9 Å². The molecule has 0 saturated carbocycles. The molecule has 2 saturated heterocycles. The third-order valence-electron chi connectivity index (χ3n) is 12.7. The number of aromatic amines is 1. The van der Waals surface area contributed by atoms with Crippen LogP contribution in [0.5, 0.6) is 28.7 Å². The minimum absolute atomic E-state index is 0.00644. The van der Waals surface area contributed by atoms with Crippen molar-refractivity contribution in [2.75, 3.05) is 46.5 Å². The highest BCUT2D eigenvalue weighted by atomic mass is 32.2. The van der Waals surface area contributed by atoms with Gasteiger partial charge in [-0.25, -0.2) is 0 Å². The highest BCUT2D eigenvalue weighted by Gasteiger charge is 2.60. The first-order valence-electron chi connectivity index (χ1n) is 18.0. The third kappa shape index (κ3) is 4.14. The smallest absolute Gasteiger partial charge is 0.231 e. The van der Waals surface area contributed by atoms with Gasteiger partial charge in [-0.2, -0.15) is 0 Å². The van der Waals surface area contributed by atoms with E-state index in [-0.39, 0.29) is 43.3 Å². The van der Waals surface area contributed by atoms with Crippen molar-refractivity contribution in [2.24, 2.45) is 0 Å². The van der Waals surface area contributed by atoms with Gasteiger partial charge in [0.15, 0.2) is 28.8 Å². The largest absolute Gasteiger partial charge is 0.507 e. The molecule has 3 aromatic carbocycles. The van der Waals surface area contributed by atoms with Gasteiger partial charge >= 0.3 is 0 Å². The summed E-state index contributed by atoms with van der Waals surface area (Å²) >= 11 is 1.58. The first-order valence-corrected chi connectivity index (χ1v) is 19.0. The number of phenols is 2. The fourth-order valence-electron chi connectivity index (χ4n) is 10.3. The van der Waals surface area contributed by atoms with Crippen LogP contribution in [0.15, 0.2) is 30.3 Å². The number of likely N-dealkylation sites (N-methyl/N-ethyl adjacent to an activating group) is 1. The third-order valence-corrected chi connectivity index (χ3v) is 14.1. The number of carbonyl (C=O) groups is 1. The zero-order chi connectivity index (χ0) is 35.8. The lowest BCUT2D eigenvalue weighted by Crippen LogP contribution is -2.69. The molecule has 1 spiro atoms. The molecule has 2 fully saturated rings. The highest BCUT2D eigenvalue weighted by molar-refractivity contribution is 7.99. The molecule has 11 rings (SSSR count). The van der Waals surface area contributed by atoms with Crippen LogP contribution in [0.2, 0.25) is 0 Å². The number of H-pyrrole nitrogens is 1. The fourth-order valence-corrected chi connectivity index (χ4v) is 12.1. The van der Waals surface area contributed by atoms with Crippen molar-refractivity contribution in [3.63, 3.8) is 0 Å². The summed E-state index contributed by atoms with van der Waals surface area (Å²) in [4.78, 5) is 22.6. The standard InChI is InChI=1S/C39H42N4O8S/c1-17-11-19-12-23-38(47)43-24-13-49-14-25(44)39(37-21(9-10-40-39)20-7-5-6-8-22(20)41-37)15-52-36(28-27(24)35-34(50-16-51-35)18(2)31(28)45)30(43)29(42(23)3)26(19)32(46)33(17)48-4/h5-8,11,23-24,29-30,36,38,40-41,45-47H,9-10,12-16H2,1-4H3/t23-,24+,29-,30?,36+,38-,39-/m0/s1. The van der Waals surface area contributed by atoms with Gasteiger partial charge < -0.3 is 39.3 Å². The zero-order valence-corrected chi connectivity index (χ0v) is 30.3. The number of aliphatic hydroxyl groups excluding tert-OH is 1. The van der Waals surface area contributed by atoms with Gasteiger partial charge in [0.1, 0.15) is 24.1 Å². The topological polar surface area (TPSA) is 149 Å². The van der Waals surface area contributed by atoms with Gasteiger partial charge in [0.2, 0.25) is 6.79 Å². The minimum atomic E-state index is -1.11. The van der Waals surface area contributed by atoms with Crippen molar-refractivity contribution < 1.29 is 39.1 Å². The van der Waals surface area contributed by atoms with Crippen LogP contribution in [0.25, 0.3) is 10.9 Å². The van der Waals surface area contributed by atoms with Crippen LogP contribution in [0.1, 0.15) is 62.0 Å². The molecule has 272 valence electrons. The van der Waals surface area contributed by atoms with Crippen molar-refractivity contribution in [2.45, 2.75) is 67.9 Å². The molecule has 8 heterocycles. The number of benzene rings is 3. The number of carbonyl (C=O) groups excluding carboxylic acids is 1. The van der Waals surface area contributed by atoms with E-state index in [0.717, 1.165) is 45.3 Å². The molecule has 4 aromatic rings. The van der Waals surface area contributed by atoms with Gasteiger partial charge in [0.05, 0.1) is 37.1 Å². The Kier molecular flexibility index (Phi) is 7.23. The lowest BCUT2D eigenvalue weighted by Gasteiger charge is -2.61. The molecule has 13 heteroatoms. The molecule has 0 radical (unpaired) electrons. The van der Waals surface area contributed by atoms with Gasteiger partial charge in [-0.1, -0.05) is 24.3 Å². The van der Waals surface area contributed by atoms with Crippen LogP contribution in [-0.2, 0) is 27.9 Å². The number of aromatic hydroxyl groups is 2. The molecule has 7 aliphatic heterocycles. The molecule has 52 heavy (non-hydrogen) atoms. The number of ether oxygens (including phenoxy) is 4. The average Bonchev–Trinajstić information content (AvgIpc) is 3.77. The van der Waals surface area contributed by atoms with E-state index >= 15 is 0 Å². The number of fused-ring (bicyclic) bond motifs is 12.